The lowest BCUT2D eigenvalue weighted by Crippen LogP contribution is -2.29. The minimum atomic E-state index is -4.73. The van der Waals surface area contributed by atoms with Gasteiger partial charge in [0.1, 0.15) is 6.61 Å². The molecule has 1 atom stereocenters. The summed E-state index contributed by atoms with van der Waals surface area (Å²) < 4.78 is 26.1. The van der Waals surface area contributed by atoms with Crippen LogP contribution in [0.3, 0.4) is 0 Å². The summed E-state index contributed by atoms with van der Waals surface area (Å²) in [6.07, 6.45) is 27.1. The third-order valence-corrected chi connectivity index (χ3v) is 7.86. The minimum absolute atomic E-state index is 0.219. The van der Waals surface area contributed by atoms with Crippen molar-refractivity contribution in [2.75, 3.05) is 13.2 Å². The van der Waals surface area contributed by atoms with Gasteiger partial charge in [-0.05, 0) is 12.8 Å². The SMILES string of the molecule is CCCCCCCCCCCCCCCCCCCC(=O)OC(COC(=O)CCCCCCCC)COP(=O)(O)O. The molecule has 244 valence electrons. The molecule has 1 unspecified atom stereocenters. The van der Waals surface area contributed by atoms with E-state index in [1.807, 2.05) is 0 Å². The zero-order chi connectivity index (χ0) is 30.4. The van der Waals surface area contributed by atoms with Crippen LogP contribution in [0.25, 0.3) is 0 Å². The lowest BCUT2D eigenvalue weighted by Gasteiger charge is -2.18. The van der Waals surface area contributed by atoms with Crippen molar-refractivity contribution >= 4 is 19.8 Å². The molecule has 0 amide bonds. The minimum Gasteiger partial charge on any atom is -0.462 e. The standard InChI is InChI=1S/C32H63O8P/c1-3-5-7-9-11-12-13-14-15-16-17-18-19-20-21-23-25-27-32(34)40-30(29-39-41(35,36)37)28-38-31(33)26-24-22-10-8-6-4-2/h30H,3-29H2,1-2H3,(H2,35,36,37). The van der Waals surface area contributed by atoms with Crippen LogP contribution in [0.4, 0.5) is 0 Å². The quantitative estimate of drug-likeness (QED) is 0.0455. The monoisotopic (exact) mass is 606 g/mol. The molecule has 0 aliphatic carbocycles. The maximum atomic E-state index is 12.3. The number of hydrogen-bond donors (Lipinski definition) is 2. The topological polar surface area (TPSA) is 119 Å². The molecular weight excluding hydrogens is 543 g/mol. The number of phosphoric acid groups is 1. The Balaban J connectivity index is 3.87. The van der Waals surface area contributed by atoms with Crippen LogP contribution >= 0.6 is 7.82 Å². The molecule has 8 nitrogen and oxygen atoms in total. The molecule has 0 aromatic rings. The zero-order valence-electron chi connectivity index (χ0n) is 26.5. The number of carbonyl (C=O) groups is 2. The second kappa shape index (κ2) is 29.1. The van der Waals surface area contributed by atoms with Crippen LogP contribution in [0.2, 0.25) is 0 Å². The van der Waals surface area contributed by atoms with E-state index in [-0.39, 0.29) is 19.4 Å². The van der Waals surface area contributed by atoms with E-state index in [4.69, 9.17) is 19.3 Å². The molecule has 0 radical (unpaired) electrons. The van der Waals surface area contributed by atoms with E-state index >= 15 is 0 Å². The van der Waals surface area contributed by atoms with Crippen LogP contribution in [0.1, 0.15) is 174 Å². The molecule has 0 rings (SSSR count). The maximum absolute atomic E-state index is 12.3. The van der Waals surface area contributed by atoms with Gasteiger partial charge < -0.3 is 19.3 Å². The molecular formula is C32H63O8P. The first-order chi connectivity index (χ1) is 19.8. The molecule has 0 aromatic carbocycles. The van der Waals surface area contributed by atoms with Crippen molar-refractivity contribution in [3.63, 3.8) is 0 Å². The van der Waals surface area contributed by atoms with Crippen LogP contribution in [0, 0.1) is 0 Å². The molecule has 0 aliphatic heterocycles. The van der Waals surface area contributed by atoms with Crippen LogP contribution < -0.4 is 0 Å². The van der Waals surface area contributed by atoms with E-state index in [9.17, 15) is 14.2 Å². The number of phosphoric ester groups is 1. The molecule has 0 aromatic heterocycles. The van der Waals surface area contributed by atoms with E-state index in [0.717, 1.165) is 38.5 Å². The largest absolute Gasteiger partial charge is 0.469 e. The highest BCUT2D eigenvalue weighted by Gasteiger charge is 2.22. The Labute approximate surface area is 251 Å². The normalized spacial score (nSPS) is 12.4. The summed E-state index contributed by atoms with van der Waals surface area (Å²) in [5.41, 5.74) is 0. The van der Waals surface area contributed by atoms with Gasteiger partial charge in [-0.25, -0.2) is 4.57 Å². The summed E-state index contributed by atoms with van der Waals surface area (Å²) in [5.74, 6) is -0.886. The highest BCUT2D eigenvalue weighted by Crippen LogP contribution is 2.36. The van der Waals surface area contributed by atoms with Gasteiger partial charge >= 0.3 is 19.8 Å². The Bertz CT molecular complexity index is 652. The second-order valence-electron chi connectivity index (χ2n) is 11.5. The van der Waals surface area contributed by atoms with Crippen LogP contribution in [0.15, 0.2) is 0 Å². The summed E-state index contributed by atoms with van der Waals surface area (Å²) in [6.45, 7) is 3.61. The fourth-order valence-corrected chi connectivity index (χ4v) is 5.20. The fraction of sp³-hybridized carbons (Fsp3) is 0.938. The van der Waals surface area contributed by atoms with Gasteiger partial charge in [0.25, 0.3) is 0 Å². The molecule has 0 spiro atoms. The number of hydrogen-bond acceptors (Lipinski definition) is 6. The third-order valence-electron chi connectivity index (χ3n) is 7.38. The van der Waals surface area contributed by atoms with Gasteiger partial charge in [0, 0.05) is 12.8 Å². The number of unbranched alkanes of at least 4 members (excludes halogenated alkanes) is 21. The predicted molar refractivity (Wildman–Crippen MR) is 166 cm³/mol. The molecule has 0 saturated heterocycles. The van der Waals surface area contributed by atoms with Crippen LogP contribution in [-0.2, 0) is 28.2 Å². The van der Waals surface area contributed by atoms with E-state index in [1.165, 1.54) is 103 Å². The average molecular weight is 607 g/mol. The predicted octanol–water partition coefficient (Wildman–Crippen LogP) is 9.34. The van der Waals surface area contributed by atoms with Crippen molar-refractivity contribution in [2.45, 2.75) is 180 Å². The van der Waals surface area contributed by atoms with Gasteiger partial charge in [-0.2, -0.15) is 0 Å². The Kier molecular flexibility index (Phi) is 28.5. The summed E-state index contributed by atoms with van der Waals surface area (Å²) in [4.78, 5) is 42.3. The molecule has 0 aliphatic rings. The van der Waals surface area contributed by atoms with E-state index < -0.39 is 32.5 Å². The number of ether oxygens (including phenoxy) is 2. The first-order valence-electron chi connectivity index (χ1n) is 16.8. The molecule has 0 bridgehead atoms. The third kappa shape index (κ3) is 31.8. The Morgan fingerprint density at radius 2 is 0.878 bits per heavy atom. The maximum Gasteiger partial charge on any atom is 0.469 e. The number of rotatable bonds is 31. The summed E-state index contributed by atoms with van der Waals surface area (Å²) in [6, 6.07) is 0. The van der Waals surface area contributed by atoms with Crippen molar-refractivity contribution in [3.8, 4) is 0 Å². The number of carbonyl (C=O) groups excluding carboxylic acids is 2. The van der Waals surface area contributed by atoms with Gasteiger partial charge in [0.05, 0.1) is 6.61 Å². The first kappa shape index (κ1) is 40.1. The average Bonchev–Trinajstić information content (AvgIpc) is 2.93. The molecule has 0 saturated carbocycles. The highest BCUT2D eigenvalue weighted by molar-refractivity contribution is 7.46. The smallest absolute Gasteiger partial charge is 0.462 e. The van der Waals surface area contributed by atoms with Gasteiger partial charge in [0.2, 0.25) is 0 Å². The number of esters is 2. The molecule has 41 heavy (non-hydrogen) atoms. The molecule has 9 heteroatoms. The first-order valence-corrected chi connectivity index (χ1v) is 18.4. The zero-order valence-corrected chi connectivity index (χ0v) is 27.4. The Hall–Kier alpha value is -0.950. The molecule has 2 N–H and O–H groups in total. The fourth-order valence-electron chi connectivity index (χ4n) is 4.84. The van der Waals surface area contributed by atoms with Crippen LogP contribution in [-0.4, -0.2) is 41.0 Å². The summed E-state index contributed by atoms with van der Waals surface area (Å²) in [5, 5.41) is 0. The van der Waals surface area contributed by atoms with E-state index in [2.05, 4.69) is 18.4 Å². The van der Waals surface area contributed by atoms with Crippen molar-refractivity contribution < 1.29 is 37.9 Å². The highest BCUT2D eigenvalue weighted by atomic mass is 31.2. The lowest BCUT2D eigenvalue weighted by atomic mass is 10.0. The summed E-state index contributed by atoms with van der Waals surface area (Å²) >= 11 is 0. The second-order valence-corrected chi connectivity index (χ2v) is 12.7. The Morgan fingerprint density at radius 3 is 1.24 bits per heavy atom. The van der Waals surface area contributed by atoms with Crippen molar-refractivity contribution in [2.24, 2.45) is 0 Å². The van der Waals surface area contributed by atoms with E-state index in [0.29, 0.717) is 6.42 Å². The molecule has 0 fully saturated rings. The van der Waals surface area contributed by atoms with Crippen molar-refractivity contribution in [3.05, 3.63) is 0 Å². The van der Waals surface area contributed by atoms with Crippen LogP contribution in [0.5, 0.6) is 0 Å². The lowest BCUT2D eigenvalue weighted by molar-refractivity contribution is -0.161. The Morgan fingerprint density at radius 1 is 0.537 bits per heavy atom. The van der Waals surface area contributed by atoms with E-state index in [1.54, 1.807) is 0 Å². The van der Waals surface area contributed by atoms with Gasteiger partial charge in [-0.15, -0.1) is 0 Å². The van der Waals surface area contributed by atoms with Gasteiger partial charge in [0.15, 0.2) is 6.10 Å². The van der Waals surface area contributed by atoms with Crippen molar-refractivity contribution in [1.82, 2.24) is 0 Å². The summed E-state index contributed by atoms with van der Waals surface area (Å²) in [7, 11) is -4.73. The van der Waals surface area contributed by atoms with Gasteiger partial charge in [-0.1, -0.05) is 149 Å². The molecule has 0 heterocycles. The van der Waals surface area contributed by atoms with Crippen molar-refractivity contribution in [1.29, 1.82) is 0 Å². The van der Waals surface area contributed by atoms with Gasteiger partial charge in [-0.3, -0.25) is 14.1 Å².